The van der Waals surface area contributed by atoms with Crippen molar-refractivity contribution in [3.05, 3.63) is 35.4 Å². The third-order valence-corrected chi connectivity index (χ3v) is 2.72. The smallest absolute Gasteiger partial charge is 0.408 e. The lowest BCUT2D eigenvalue weighted by Crippen LogP contribution is -2.34. The zero-order chi connectivity index (χ0) is 13.3. The zero-order valence-electron chi connectivity index (χ0n) is 10.8. The molecule has 1 N–H and O–H groups in total. The van der Waals surface area contributed by atoms with Gasteiger partial charge in [0, 0.05) is 12.0 Å². The molecule has 1 amide bonds. The highest BCUT2D eigenvalue weighted by atomic mass is 16.6. The highest BCUT2D eigenvalue weighted by Gasteiger charge is 2.31. The van der Waals surface area contributed by atoms with Gasteiger partial charge in [0.25, 0.3) is 0 Å². The number of carbonyl (C=O) groups is 2. The van der Waals surface area contributed by atoms with Gasteiger partial charge in [-0.3, -0.25) is 4.79 Å². The number of hydrogen-bond acceptors (Lipinski definition) is 3. The normalized spacial score (nSPS) is 18.4. The maximum Gasteiger partial charge on any atom is 0.408 e. The van der Waals surface area contributed by atoms with Crippen LogP contribution in [0.25, 0.3) is 0 Å². The summed E-state index contributed by atoms with van der Waals surface area (Å²) in [5.74, 6) is 0.0617. The van der Waals surface area contributed by atoms with Crippen molar-refractivity contribution in [3.63, 3.8) is 0 Å². The van der Waals surface area contributed by atoms with Crippen molar-refractivity contribution in [2.75, 3.05) is 0 Å². The summed E-state index contributed by atoms with van der Waals surface area (Å²) in [6, 6.07) is 7.06. The van der Waals surface area contributed by atoms with E-state index in [4.69, 9.17) is 4.74 Å². The number of ether oxygens (including phenoxy) is 1. The van der Waals surface area contributed by atoms with Crippen LogP contribution in [0.3, 0.4) is 0 Å². The van der Waals surface area contributed by atoms with Gasteiger partial charge in [0.2, 0.25) is 0 Å². The first-order valence-electron chi connectivity index (χ1n) is 5.98. The lowest BCUT2D eigenvalue weighted by molar-refractivity contribution is 0.0504. The van der Waals surface area contributed by atoms with E-state index in [1.165, 1.54) is 0 Å². The summed E-state index contributed by atoms with van der Waals surface area (Å²) in [6.07, 6.45) is -0.185. The van der Waals surface area contributed by atoms with Gasteiger partial charge in [0.1, 0.15) is 5.60 Å². The second kappa shape index (κ2) is 4.44. The fourth-order valence-corrected chi connectivity index (χ4v) is 2.04. The highest BCUT2D eigenvalue weighted by molar-refractivity contribution is 6.01. The number of hydrogen-bond donors (Lipinski definition) is 1. The van der Waals surface area contributed by atoms with Crippen LogP contribution in [0.5, 0.6) is 0 Å². The molecule has 0 fully saturated rings. The van der Waals surface area contributed by atoms with E-state index in [0.717, 1.165) is 5.56 Å². The van der Waals surface area contributed by atoms with Crippen molar-refractivity contribution in [3.8, 4) is 0 Å². The van der Waals surface area contributed by atoms with Gasteiger partial charge in [-0.2, -0.15) is 0 Å². The molecule has 0 aliphatic heterocycles. The number of Topliss-reactive ketones (excluding diaryl/α,β-unsaturated/α-hetero) is 1. The topological polar surface area (TPSA) is 55.4 Å². The molecule has 1 atom stereocenters. The number of rotatable bonds is 1. The molecular formula is C14H17NO3. The van der Waals surface area contributed by atoms with Gasteiger partial charge < -0.3 is 10.1 Å². The molecule has 0 spiro atoms. The van der Waals surface area contributed by atoms with Crippen molar-refractivity contribution < 1.29 is 14.3 Å². The van der Waals surface area contributed by atoms with E-state index >= 15 is 0 Å². The maximum atomic E-state index is 11.8. The van der Waals surface area contributed by atoms with E-state index in [-0.39, 0.29) is 11.8 Å². The summed E-state index contributed by atoms with van der Waals surface area (Å²) in [5, 5.41) is 2.74. The van der Waals surface area contributed by atoms with Gasteiger partial charge in [-0.15, -0.1) is 0 Å². The van der Waals surface area contributed by atoms with E-state index in [1.54, 1.807) is 26.8 Å². The first-order valence-corrected chi connectivity index (χ1v) is 5.98. The standard InChI is InChI=1S/C14H17NO3/c1-14(2,3)18-13(17)15-11-8-12(16)10-7-5-4-6-9(10)11/h4-7,11H,8H2,1-3H3,(H,15,17)/t11-/m0/s1. The monoisotopic (exact) mass is 247 g/mol. The van der Waals surface area contributed by atoms with Crippen LogP contribution < -0.4 is 5.32 Å². The minimum Gasteiger partial charge on any atom is -0.444 e. The Morgan fingerprint density at radius 2 is 2.00 bits per heavy atom. The molecule has 4 nitrogen and oxygen atoms in total. The van der Waals surface area contributed by atoms with Crippen LogP contribution >= 0.6 is 0 Å². The Kier molecular flexibility index (Phi) is 3.11. The van der Waals surface area contributed by atoms with Crippen LogP contribution in [0.2, 0.25) is 0 Å². The van der Waals surface area contributed by atoms with Crippen molar-refractivity contribution in [2.24, 2.45) is 0 Å². The number of alkyl carbamates (subject to hydrolysis) is 1. The third kappa shape index (κ3) is 2.70. The summed E-state index contributed by atoms with van der Waals surface area (Å²) in [6.45, 7) is 5.42. The maximum absolute atomic E-state index is 11.8. The van der Waals surface area contributed by atoms with Crippen LogP contribution in [0.15, 0.2) is 24.3 Å². The fourth-order valence-electron chi connectivity index (χ4n) is 2.04. The number of nitrogens with one attached hydrogen (secondary N) is 1. The van der Waals surface area contributed by atoms with E-state index in [2.05, 4.69) is 5.32 Å². The van der Waals surface area contributed by atoms with Gasteiger partial charge in [-0.1, -0.05) is 24.3 Å². The average molecular weight is 247 g/mol. The first kappa shape index (κ1) is 12.6. The Morgan fingerprint density at radius 3 is 2.67 bits per heavy atom. The number of benzene rings is 1. The Hall–Kier alpha value is -1.84. The van der Waals surface area contributed by atoms with E-state index < -0.39 is 11.7 Å². The molecule has 1 aromatic carbocycles. The molecule has 1 aliphatic carbocycles. The van der Waals surface area contributed by atoms with E-state index in [0.29, 0.717) is 12.0 Å². The Labute approximate surface area is 106 Å². The van der Waals surface area contributed by atoms with E-state index in [1.807, 2.05) is 18.2 Å². The molecule has 0 radical (unpaired) electrons. The van der Waals surface area contributed by atoms with Crippen molar-refractivity contribution >= 4 is 11.9 Å². The molecule has 0 bridgehead atoms. The molecule has 1 aliphatic rings. The minimum atomic E-state index is -0.536. The fraction of sp³-hybridized carbons (Fsp3) is 0.429. The Morgan fingerprint density at radius 1 is 1.33 bits per heavy atom. The minimum absolute atomic E-state index is 0.0617. The van der Waals surface area contributed by atoms with Gasteiger partial charge in [-0.05, 0) is 26.3 Å². The number of amides is 1. The average Bonchev–Trinajstić information content (AvgIpc) is 2.54. The molecule has 18 heavy (non-hydrogen) atoms. The lowest BCUT2D eigenvalue weighted by Gasteiger charge is -2.21. The predicted molar refractivity (Wildman–Crippen MR) is 67.5 cm³/mol. The van der Waals surface area contributed by atoms with Crippen LogP contribution in [0, 0.1) is 0 Å². The van der Waals surface area contributed by atoms with Gasteiger partial charge in [0.15, 0.2) is 5.78 Å². The number of fused-ring (bicyclic) bond motifs is 1. The molecular weight excluding hydrogens is 230 g/mol. The van der Waals surface area contributed by atoms with Gasteiger partial charge >= 0.3 is 6.09 Å². The molecule has 2 rings (SSSR count). The number of ketones is 1. The molecule has 0 aromatic heterocycles. The predicted octanol–water partition coefficient (Wildman–Crippen LogP) is 2.84. The first-order chi connectivity index (χ1) is 8.37. The molecule has 1 aromatic rings. The van der Waals surface area contributed by atoms with Crippen molar-refractivity contribution in [1.82, 2.24) is 5.32 Å². The molecule has 96 valence electrons. The summed E-state index contributed by atoms with van der Waals surface area (Å²) in [5.41, 5.74) is 1.03. The third-order valence-electron chi connectivity index (χ3n) is 2.72. The summed E-state index contributed by atoms with van der Waals surface area (Å²) >= 11 is 0. The molecule has 0 unspecified atom stereocenters. The van der Waals surface area contributed by atoms with E-state index in [9.17, 15) is 9.59 Å². The largest absolute Gasteiger partial charge is 0.444 e. The molecule has 0 saturated carbocycles. The summed E-state index contributed by atoms with van der Waals surface area (Å²) in [4.78, 5) is 23.4. The summed E-state index contributed by atoms with van der Waals surface area (Å²) < 4.78 is 5.19. The Balaban J connectivity index is 2.09. The lowest BCUT2D eigenvalue weighted by atomic mass is 10.1. The molecule has 4 heteroatoms. The zero-order valence-corrected chi connectivity index (χ0v) is 10.8. The van der Waals surface area contributed by atoms with Crippen molar-refractivity contribution in [2.45, 2.75) is 38.8 Å². The van der Waals surface area contributed by atoms with Crippen LogP contribution in [-0.4, -0.2) is 17.5 Å². The van der Waals surface area contributed by atoms with Crippen LogP contribution in [0.1, 0.15) is 49.2 Å². The Bertz CT molecular complexity index is 488. The SMILES string of the molecule is CC(C)(C)OC(=O)N[C@H]1CC(=O)c2ccccc21. The second-order valence-electron chi connectivity index (χ2n) is 5.41. The quantitative estimate of drug-likeness (QED) is 0.830. The van der Waals surface area contributed by atoms with Crippen LogP contribution in [-0.2, 0) is 4.74 Å². The van der Waals surface area contributed by atoms with Gasteiger partial charge in [-0.25, -0.2) is 4.79 Å². The second-order valence-corrected chi connectivity index (χ2v) is 5.41. The van der Waals surface area contributed by atoms with Crippen LogP contribution in [0.4, 0.5) is 4.79 Å². The molecule has 0 heterocycles. The number of carbonyl (C=O) groups excluding carboxylic acids is 2. The van der Waals surface area contributed by atoms with Gasteiger partial charge in [0.05, 0.1) is 6.04 Å². The summed E-state index contributed by atoms with van der Waals surface area (Å²) in [7, 11) is 0. The highest BCUT2D eigenvalue weighted by Crippen LogP contribution is 2.30. The van der Waals surface area contributed by atoms with Crippen molar-refractivity contribution in [1.29, 1.82) is 0 Å². The molecule has 0 saturated heterocycles.